The molecule has 0 unspecified atom stereocenters. The molecule has 0 saturated heterocycles. The normalized spacial score (nSPS) is 10.4. The van der Waals surface area contributed by atoms with Crippen molar-refractivity contribution in [3.63, 3.8) is 0 Å². The van der Waals surface area contributed by atoms with E-state index in [2.05, 4.69) is 4.98 Å². The quantitative estimate of drug-likeness (QED) is 0.783. The first-order chi connectivity index (χ1) is 7.59. The first-order valence-corrected chi connectivity index (χ1v) is 4.93. The number of aryl methyl sites for hydroxylation is 1. The van der Waals surface area contributed by atoms with Gasteiger partial charge in [-0.3, -0.25) is 4.79 Å². The summed E-state index contributed by atoms with van der Waals surface area (Å²) in [6, 6.07) is 7.67. The minimum absolute atomic E-state index is 0.0171. The van der Waals surface area contributed by atoms with E-state index < -0.39 is 0 Å². The summed E-state index contributed by atoms with van der Waals surface area (Å²) >= 11 is 0. The van der Waals surface area contributed by atoms with Crippen molar-refractivity contribution in [1.82, 2.24) is 4.98 Å². The van der Waals surface area contributed by atoms with Crippen LogP contribution in [-0.2, 0) is 0 Å². The van der Waals surface area contributed by atoms with E-state index in [1.54, 1.807) is 0 Å². The van der Waals surface area contributed by atoms with Crippen LogP contribution in [0.1, 0.15) is 23.0 Å². The maximum Gasteiger partial charge on any atom is 0.293 e. The second-order valence-electron chi connectivity index (χ2n) is 3.60. The predicted octanol–water partition coefficient (Wildman–Crippen LogP) is 2.43. The summed E-state index contributed by atoms with van der Waals surface area (Å²) in [4.78, 5) is 15.4. The number of carbonyl (C=O) groups excluding carboxylic acids is 1. The molecule has 2 aromatic rings. The van der Waals surface area contributed by atoms with Crippen LogP contribution in [0.25, 0.3) is 11.3 Å². The van der Waals surface area contributed by atoms with Crippen LogP contribution >= 0.6 is 0 Å². The first-order valence-electron chi connectivity index (χ1n) is 4.93. The standard InChI is InChI=1S/C12H12N2O2/c1-7-5-3-4-6-9(7)10-11(8(2)15)16-12(13)14-10/h3-6H,1-2H3,(H2,13,14). The van der Waals surface area contributed by atoms with Crippen molar-refractivity contribution in [2.75, 3.05) is 5.73 Å². The molecule has 1 aromatic heterocycles. The molecule has 0 aliphatic rings. The predicted molar refractivity (Wildman–Crippen MR) is 61.1 cm³/mol. The Morgan fingerprint density at radius 2 is 2.06 bits per heavy atom. The minimum Gasteiger partial charge on any atom is -0.420 e. The Bertz CT molecular complexity index is 544. The smallest absolute Gasteiger partial charge is 0.293 e. The van der Waals surface area contributed by atoms with Gasteiger partial charge in [-0.05, 0) is 12.5 Å². The Morgan fingerprint density at radius 1 is 1.38 bits per heavy atom. The molecule has 16 heavy (non-hydrogen) atoms. The lowest BCUT2D eigenvalue weighted by Crippen LogP contribution is -1.94. The number of nitrogen functional groups attached to an aromatic ring is 1. The second-order valence-corrected chi connectivity index (χ2v) is 3.60. The molecule has 2 rings (SSSR count). The van der Waals surface area contributed by atoms with Gasteiger partial charge < -0.3 is 10.2 Å². The Hall–Kier alpha value is -2.10. The molecule has 1 aromatic carbocycles. The molecular formula is C12H12N2O2. The van der Waals surface area contributed by atoms with E-state index in [1.165, 1.54) is 6.92 Å². The fourth-order valence-corrected chi connectivity index (χ4v) is 1.60. The summed E-state index contributed by atoms with van der Waals surface area (Å²) in [5.74, 6) is 0.0363. The van der Waals surface area contributed by atoms with Crippen molar-refractivity contribution >= 4 is 11.8 Å². The molecule has 0 fully saturated rings. The summed E-state index contributed by atoms with van der Waals surface area (Å²) in [5.41, 5.74) is 7.89. The van der Waals surface area contributed by atoms with E-state index in [9.17, 15) is 4.79 Å². The van der Waals surface area contributed by atoms with Crippen molar-refractivity contribution < 1.29 is 9.21 Å². The van der Waals surface area contributed by atoms with E-state index in [1.807, 2.05) is 31.2 Å². The number of oxazole rings is 1. The molecule has 0 radical (unpaired) electrons. The van der Waals surface area contributed by atoms with Crippen molar-refractivity contribution in [1.29, 1.82) is 0 Å². The van der Waals surface area contributed by atoms with Gasteiger partial charge in [-0.25, -0.2) is 0 Å². The van der Waals surface area contributed by atoms with Crippen molar-refractivity contribution in [2.45, 2.75) is 13.8 Å². The van der Waals surface area contributed by atoms with Gasteiger partial charge in [0.05, 0.1) is 0 Å². The Morgan fingerprint density at radius 3 is 2.69 bits per heavy atom. The van der Waals surface area contributed by atoms with E-state index in [0.29, 0.717) is 5.69 Å². The van der Waals surface area contributed by atoms with Crippen LogP contribution in [0.15, 0.2) is 28.7 Å². The Kier molecular flexibility index (Phi) is 2.48. The summed E-state index contributed by atoms with van der Waals surface area (Å²) in [5, 5.41) is 0. The van der Waals surface area contributed by atoms with Crippen molar-refractivity contribution in [2.24, 2.45) is 0 Å². The molecule has 2 N–H and O–H groups in total. The highest BCUT2D eigenvalue weighted by Crippen LogP contribution is 2.27. The second kappa shape index (κ2) is 3.81. The molecule has 82 valence electrons. The number of benzene rings is 1. The number of aromatic nitrogens is 1. The molecule has 1 heterocycles. The topological polar surface area (TPSA) is 69.1 Å². The van der Waals surface area contributed by atoms with Gasteiger partial charge in [0.1, 0.15) is 5.69 Å². The highest BCUT2D eigenvalue weighted by molar-refractivity contribution is 5.97. The summed E-state index contributed by atoms with van der Waals surface area (Å²) in [7, 11) is 0. The van der Waals surface area contributed by atoms with Gasteiger partial charge >= 0.3 is 0 Å². The largest absolute Gasteiger partial charge is 0.420 e. The third-order valence-electron chi connectivity index (χ3n) is 2.36. The molecule has 0 saturated carbocycles. The van der Waals surface area contributed by atoms with Gasteiger partial charge in [0, 0.05) is 12.5 Å². The molecule has 0 spiro atoms. The zero-order chi connectivity index (χ0) is 11.7. The van der Waals surface area contributed by atoms with Gasteiger partial charge in [0.15, 0.2) is 11.5 Å². The van der Waals surface area contributed by atoms with Crippen LogP contribution in [0.3, 0.4) is 0 Å². The van der Waals surface area contributed by atoms with Gasteiger partial charge in [-0.15, -0.1) is 0 Å². The molecular weight excluding hydrogens is 204 g/mol. The number of carbonyl (C=O) groups is 1. The van der Waals surface area contributed by atoms with Crippen LogP contribution in [0.5, 0.6) is 0 Å². The van der Waals surface area contributed by atoms with E-state index >= 15 is 0 Å². The van der Waals surface area contributed by atoms with E-state index in [4.69, 9.17) is 10.2 Å². The molecule has 0 aliphatic carbocycles. The zero-order valence-electron chi connectivity index (χ0n) is 9.15. The average Bonchev–Trinajstić information content (AvgIpc) is 2.61. The van der Waals surface area contributed by atoms with Crippen LogP contribution in [0.2, 0.25) is 0 Å². The fraction of sp³-hybridized carbons (Fsp3) is 0.167. The number of nitrogens with two attached hydrogens (primary N) is 1. The summed E-state index contributed by atoms with van der Waals surface area (Å²) in [6.07, 6.45) is 0. The lowest BCUT2D eigenvalue weighted by Gasteiger charge is -2.01. The lowest BCUT2D eigenvalue weighted by molar-refractivity contribution is 0.0989. The third-order valence-corrected chi connectivity index (χ3v) is 2.36. The van der Waals surface area contributed by atoms with Gasteiger partial charge in [-0.1, -0.05) is 24.3 Å². The molecule has 0 bridgehead atoms. The Labute approximate surface area is 93.1 Å². The molecule has 4 nitrogen and oxygen atoms in total. The monoisotopic (exact) mass is 216 g/mol. The number of ketones is 1. The number of hydrogen-bond acceptors (Lipinski definition) is 4. The summed E-state index contributed by atoms with van der Waals surface area (Å²) in [6.45, 7) is 3.38. The number of nitrogens with zero attached hydrogens (tertiary/aromatic N) is 1. The van der Waals surface area contributed by atoms with Crippen molar-refractivity contribution in [3.8, 4) is 11.3 Å². The van der Waals surface area contributed by atoms with Crippen LogP contribution in [-0.4, -0.2) is 10.8 Å². The molecule has 0 atom stereocenters. The van der Waals surface area contributed by atoms with Gasteiger partial charge in [0.2, 0.25) is 0 Å². The minimum atomic E-state index is -0.178. The maximum absolute atomic E-state index is 11.4. The summed E-state index contributed by atoms with van der Waals surface area (Å²) < 4.78 is 5.10. The third kappa shape index (κ3) is 1.69. The lowest BCUT2D eigenvalue weighted by atomic mass is 10.0. The van der Waals surface area contributed by atoms with Crippen LogP contribution in [0.4, 0.5) is 6.01 Å². The Balaban J connectivity index is 2.64. The number of anilines is 1. The van der Waals surface area contributed by atoms with Crippen LogP contribution < -0.4 is 5.73 Å². The highest BCUT2D eigenvalue weighted by Gasteiger charge is 2.18. The molecule has 4 heteroatoms. The van der Waals surface area contributed by atoms with Gasteiger partial charge in [0.25, 0.3) is 6.01 Å². The SMILES string of the molecule is CC(=O)c1oc(N)nc1-c1ccccc1C. The number of hydrogen-bond donors (Lipinski definition) is 1. The first kappa shape index (κ1) is 10.4. The van der Waals surface area contributed by atoms with E-state index in [0.717, 1.165) is 11.1 Å². The maximum atomic E-state index is 11.4. The zero-order valence-corrected chi connectivity index (χ0v) is 9.15. The molecule has 0 aliphatic heterocycles. The fourth-order valence-electron chi connectivity index (χ4n) is 1.60. The van der Waals surface area contributed by atoms with Gasteiger partial charge in [-0.2, -0.15) is 4.98 Å². The molecule has 0 amide bonds. The van der Waals surface area contributed by atoms with Crippen LogP contribution in [0, 0.1) is 6.92 Å². The number of rotatable bonds is 2. The van der Waals surface area contributed by atoms with E-state index in [-0.39, 0.29) is 17.6 Å². The number of Topliss-reactive ketones (excluding diaryl/α,β-unsaturated/α-hetero) is 1. The van der Waals surface area contributed by atoms with Crippen molar-refractivity contribution in [3.05, 3.63) is 35.6 Å². The highest BCUT2D eigenvalue weighted by atomic mass is 16.4. The average molecular weight is 216 g/mol.